The minimum absolute atomic E-state index is 0.00627. The number of nitrogens with zero attached hydrogens (tertiary/aromatic N) is 1. The zero-order valence-electron chi connectivity index (χ0n) is 14.0. The van der Waals surface area contributed by atoms with Crippen LogP contribution in [0.25, 0.3) is 0 Å². The number of para-hydroxylation sites is 1. The molecule has 136 valence electrons. The van der Waals surface area contributed by atoms with Gasteiger partial charge in [0.05, 0.1) is 15.5 Å². The molecule has 0 aliphatic heterocycles. The summed E-state index contributed by atoms with van der Waals surface area (Å²) in [4.78, 5) is 33.9. The van der Waals surface area contributed by atoms with E-state index in [9.17, 15) is 19.7 Å². The average Bonchev–Trinajstić information content (AvgIpc) is 2.59. The van der Waals surface area contributed by atoms with E-state index in [0.717, 1.165) is 23.3 Å². The number of nitro groups is 1. The molecule has 0 fully saturated rings. The van der Waals surface area contributed by atoms with Crippen LogP contribution in [0.3, 0.4) is 0 Å². The van der Waals surface area contributed by atoms with Gasteiger partial charge in [-0.15, -0.1) is 0 Å². The Morgan fingerprint density at radius 2 is 1.81 bits per heavy atom. The lowest BCUT2D eigenvalue weighted by Gasteiger charge is -2.12. The first-order valence-electron chi connectivity index (χ1n) is 7.51. The summed E-state index contributed by atoms with van der Waals surface area (Å²) in [6.45, 7) is 3.43. The third kappa shape index (κ3) is 4.70. The van der Waals surface area contributed by atoms with Gasteiger partial charge < -0.3 is 4.74 Å². The maximum Gasteiger partial charge on any atom is 0.276 e. The minimum atomic E-state index is -0.703. The summed E-state index contributed by atoms with van der Waals surface area (Å²) in [6.07, 6.45) is 0. The van der Waals surface area contributed by atoms with Gasteiger partial charge in [-0.2, -0.15) is 0 Å². The molecule has 2 amide bonds. The van der Waals surface area contributed by atoms with Gasteiger partial charge in [-0.25, -0.2) is 0 Å². The summed E-state index contributed by atoms with van der Waals surface area (Å²) in [5.74, 6) is -0.670. The standard InChI is InChI=1S/C17H16ClN3O5/c1-10-4-3-5-11(2)16(10)26-9-15(22)19-20-17(23)13-7-6-12(21(24)25)8-14(13)18/h3-8H,9H2,1-2H3,(H,19,22)(H,20,23). The molecule has 2 aromatic carbocycles. The Bertz CT molecular complexity index is 849. The Labute approximate surface area is 154 Å². The Kier molecular flexibility index (Phi) is 6.13. The highest BCUT2D eigenvalue weighted by Gasteiger charge is 2.15. The quantitative estimate of drug-likeness (QED) is 0.614. The van der Waals surface area contributed by atoms with Crippen molar-refractivity contribution >= 4 is 29.1 Å². The van der Waals surface area contributed by atoms with Gasteiger partial charge >= 0.3 is 0 Å². The molecule has 0 unspecified atom stereocenters. The minimum Gasteiger partial charge on any atom is -0.483 e. The van der Waals surface area contributed by atoms with E-state index < -0.39 is 16.7 Å². The molecule has 0 aliphatic carbocycles. The van der Waals surface area contributed by atoms with Gasteiger partial charge in [0.1, 0.15) is 5.75 Å². The van der Waals surface area contributed by atoms with Gasteiger partial charge in [0.25, 0.3) is 17.5 Å². The predicted octanol–water partition coefficient (Wildman–Crippen LogP) is 2.71. The molecule has 8 nitrogen and oxygen atoms in total. The second kappa shape index (κ2) is 8.30. The van der Waals surface area contributed by atoms with Crippen LogP contribution in [0.2, 0.25) is 5.02 Å². The number of halogens is 1. The van der Waals surface area contributed by atoms with Gasteiger partial charge in [0, 0.05) is 12.1 Å². The van der Waals surface area contributed by atoms with E-state index in [0.29, 0.717) is 5.75 Å². The molecule has 9 heteroatoms. The molecule has 0 heterocycles. The highest BCUT2D eigenvalue weighted by Crippen LogP contribution is 2.23. The lowest BCUT2D eigenvalue weighted by atomic mass is 10.1. The molecule has 0 atom stereocenters. The summed E-state index contributed by atoms with van der Waals surface area (Å²) < 4.78 is 5.47. The number of hydrogen-bond acceptors (Lipinski definition) is 5. The lowest BCUT2D eigenvalue weighted by Crippen LogP contribution is -2.44. The first kappa shape index (κ1) is 19.2. The summed E-state index contributed by atoms with van der Waals surface area (Å²) in [6, 6.07) is 9.01. The fraction of sp³-hybridized carbons (Fsp3) is 0.176. The highest BCUT2D eigenvalue weighted by atomic mass is 35.5. The number of carbonyl (C=O) groups excluding carboxylic acids is 2. The van der Waals surface area contributed by atoms with Gasteiger partial charge in [0.2, 0.25) is 0 Å². The number of nitro benzene ring substituents is 1. The predicted molar refractivity (Wildman–Crippen MR) is 95.1 cm³/mol. The molecule has 0 bridgehead atoms. The van der Waals surface area contributed by atoms with Crippen molar-refractivity contribution in [2.75, 3.05) is 6.61 Å². The van der Waals surface area contributed by atoms with Crippen LogP contribution in [0.1, 0.15) is 21.5 Å². The van der Waals surface area contributed by atoms with Crippen molar-refractivity contribution in [1.82, 2.24) is 10.9 Å². The van der Waals surface area contributed by atoms with Crippen LogP contribution in [0.5, 0.6) is 5.75 Å². The summed E-state index contributed by atoms with van der Waals surface area (Å²) >= 11 is 5.86. The third-order valence-corrected chi connectivity index (χ3v) is 3.79. The Balaban J connectivity index is 1.91. The second-order valence-corrected chi connectivity index (χ2v) is 5.84. The summed E-state index contributed by atoms with van der Waals surface area (Å²) in [5, 5.41) is 10.6. The molecule has 0 radical (unpaired) electrons. The average molecular weight is 378 g/mol. The number of non-ortho nitro benzene ring substituents is 1. The molecule has 26 heavy (non-hydrogen) atoms. The fourth-order valence-corrected chi connectivity index (χ4v) is 2.46. The molecule has 0 aromatic heterocycles. The van der Waals surface area contributed by atoms with Crippen LogP contribution in [0, 0.1) is 24.0 Å². The number of benzene rings is 2. The summed E-state index contributed by atoms with van der Waals surface area (Å²) in [7, 11) is 0. The number of amides is 2. The van der Waals surface area contributed by atoms with Crippen LogP contribution in [0.4, 0.5) is 5.69 Å². The van der Waals surface area contributed by atoms with Crippen LogP contribution in [-0.4, -0.2) is 23.3 Å². The molecule has 0 saturated heterocycles. The Morgan fingerprint density at radius 1 is 1.15 bits per heavy atom. The SMILES string of the molecule is Cc1cccc(C)c1OCC(=O)NNC(=O)c1ccc([N+](=O)[O-])cc1Cl. The zero-order chi connectivity index (χ0) is 19.3. The van der Waals surface area contributed by atoms with Crippen molar-refractivity contribution in [2.45, 2.75) is 13.8 Å². The van der Waals surface area contributed by atoms with Crippen LogP contribution in [-0.2, 0) is 4.79 Å². The topological polar surface area (TPSA) is 111 Å². The van der Waals surface area contributed by atoms with Gasteiger partial charge in [-0.3, -0.25) is 30.6 Å². The van der Waals surface area contributed by atoms with Crippen LogP contribution in [0.15, 0.2) is 36.4 Å². The maximum atomic E-state index is 12.0. The molecular formula is C17H16ClN3O5. The zero-order valence-corrected chi connectivity index (χ0v) is 14.8. The van der Waals surface area contributed by atoms with Crippen molar-refractivity contribution < 1.29 is 19.2 Å². The van der Waals surface area contributed by atoms with E-state index in [-0.39, 0.29) is 22.9 Å². The summed E-state index contributed by atoms with van der Waals surface area (Å²) in [5.41, 5.74) is 5.91. The molecule has 0 aliphatic rings. The molecule has 2 N–H and O–H groups in total. The normalized spacial score (nSPS) is 10.1. The van der Waals surface area contributed by atoms with Gasteiger partial charge in [-0.1, -0.05) is 29.8 Å². The highest BCUT2D eigenvalue weighted by molar-refractivity contribution is 6.34. The van der Waals surface area contributed by atoms with E-state index in [1.165, 1.54) is 6.07 Å². The van der Waals surface area contributed by atoms with Crippen molar-refractivity contribution in [1.29, 1.82) is 0 Å². The monoisotopic (exact) mass is 377 g/mol. The largest absolute Gasteiger partial charge is 0.483 e. The third-order valence-electron chi connectivity index (χ3n) is 3.48. The molecular weight excluding hydrogens is 362 g/mol. The number of hydrogen-bond donors (Lipinski definition) is 2. The molecule has 2 rings (SSSR count). The van der Waals surface area contributed by atoms with E-state index in [2.05, 4.69) is 10.9 Å². The second-order valence-electron chi connectivity index (χ2n) is 5.43. The van der Waals surface area contributed by atoms with E-state index >= 15 is 0 Å². The maximum absolute atomic E-state index is 12.0. The molecule has 0 spiro atoms. The molecule has 2 aromatic rings. The van der Waals surface area contributed by atoms with Crippen LogP contribution >= 0.6 is 11.6 Å². The Hall–Kier alpha value is -3.13. The molecule has 0 saturated carbocycles. The number of hydrazine groups is 1. The van der Waals surface area contributed by atoms with Crippen molar-refractivity contribution in [3.63, 3.8) is 0 Å². The smallest absolute Gasteiger partial charge is 0.276 e. The van der Waals surface area contributed by atoms with Gasteiger partial charge in [-0.05, 0) is 31.0 Å². The first-order valence-corrected chi connectivity index (χ1v) is 7.89. The Morgan fingerprint density at radius 3 is 2.38 bits per heavy atom. The number of nitrogens with one attached hydrogen (secondary N) is 2. The number of carbonyl (C=O) groups is 2. The number of ether oxygens (including phenoxy) is 1. The van der Waals surface area contributed by atoms with Crippen molar-refractivity contribution in [3.8, 4) is 5.75 Å². The van der Waals surface area contributed by atoms with Crippen molar-refractivity contribution in [2.24, 2.45) is 0 Å². The van der Waals surface area contributed by atoms with E-state index in [1.807, 2.05) is 32.0 Å². The number of aryl methyl sites for hydroxylation is 2. The number of rotatable bonds is 5. The lowest BCUT2D eigenvalue weighted by molar-refractivity contribution is -0.384. The van der Waals surface area contributed by atoms with Gasteiger partial charge in [0.15, 0.2) is 6.61 Å². The fourth-order valence-electron chi connectivity index (χ4n) is 2.20. The van der Waals surface area contributed by atoms with E-state index in [1.54, 1.807) is 0 Å². The first-order chi connectivity index (χ1) is 12.3. The van der Waals surface area contributed by atoms with E-state index in [4.69, 9.17) is 16.3 Å². The van der Waals surface area contributed by atoms with Crippen LogP contribution < -0.4 is 15.6 Å². The van der Waals surface area contributed by atoms with Crippen molar-refractivity contribution in [3.05, 3.63) is 68.2 Å².